The normalized spacial score (nSPS) is 36.3. The number of rotatable bonds is 1. The summed E-state index contributed by atoms with van der Waals surface area (Å²) in [6.45, 7) is 4.64. The average Bonchev–Trinajstić information content (AvgIpc) is 1.88. The second-order valence-electron chi connectivity index (χ2n) is 3.06. The molecule has 2 atom stereocenters. The fourth-order valence-corrected chi connectivity index (χ4v) is 4.35. The summed E-state index contributed by atoms with van der Waals surface area (Å²) in [6, 6.07) is 1.57. The van der Waals surface area contributed by atoms with Gasteiger partial charge >= 0.3 is 0 Å². The van der Waals surface area contributed by atoms with Gasteiger partial charge < -0.3 is 0 Å². The van der Waals surface area contributed by atoms with E-state index in [0.717, 1.165) is 12.1 Å². The van der Waals surface area contributed by atoms with Crippen molar-refractivity contribution < 1.29 is 0 Å². The van der Waals surface area contributed by atoms with Gasteiger partial charge in [-0.05, 0) is 35.8 Å². The summed E-state index contributed by atoms with van der Waals surface area (Å²) < 4.78 is 2.50. The van der Waals surface area contributed by atoms with Crippen molar-refractivity contribution in [3.05, 3.63) is 0 Å². The van der Waals surface area contributed by atoms with Crippen molar-refractivity contribution in [2.24, 2.45) is 0 Å². The first kappa shape index (κ1) is 9.13. The van der Waals surface area contributed by atoms with Gasteiger partial charge in [-0.2, -0.15) is 0 Å². The second kappa shape index (κ2) is 4.16. The molecule has 0 aliphatic carbocycles. The first-order valence-corrected chi connectivity index (χ1v) is 7.14. The Kier molecular flexibility index (Phi) is 3.80. The number of halogens is 1. The molecule has 1 heterocycles. The van der Waals surface area contributed by atoms with Gasteiger partial charge in [-0.1, -0.05) is 6.42 Å². The molecule has 0 radical (unpaired) electrons. The van der Waals surface area contributed by atoms with Crippen LogP contribution < -0.4 is 0 Å². The van der Waals surface area contributed by atoms with E-state index in [9.17, 15) is 0 Å². The fraction of sp³-hybridized carbons (Fsp3) is 1.00. The summed E-state index contributed by atoms with van der Waals surface area (Å²) in [6.07, 6.45) is 4.16. The van der Waals surface area contributed by atoms with Crippen LogP contribution in [0.25, 0.3) is 0 Å². The van der Waals surface area contributed by atoms with E-state index in [2.05, 4.69) is 39.4 Å². The quantitative estimate of drug-likeness (QED) is 0.532. The first-order valence-electron chi connectivity index (χ1n) is 3.82. The molecule has 0 aromatic carbocycles. The summed E-state index contributed by atoms with van der Waals surface area (Å²) in [5.74, 6) is 0. The average molecular weight is 271 g/mol. The molecule has 0 amide bonds. The molecule has 2 unspecified atom stereocenters. The number of piperidine rings is 1. The lowest BCUT2D eigenvalue weighted by Gasteiger charge is -2.35. The molecular weight excluding hydrogens is 257 g/mol. The molecule has 1 saturated heterocycles. The zero-order chi connectivity index (χ0) is 7.56. The van der Waals surface area contributed by atoms with Gasteiger partial charge in [-0.3, -0.25) is 0 Å². The smallest absolute Gasteiger partial charge is 0.0184 e. The molecule has 0 aromatic rings. The van der Waals surface area contributed by atoms with Crippen LogP contribution in [-0.4, -0.2) is 16.4 Å². The molecule has 3 heteroatoms. The van der Waals surface area contributed by atoms with Gasteiger partial charge in [0.1, 0.15) is 0 Å². The Balaban J connectivity index is 2.45. The predicted molar refractivity (Wildman–Crippen MR) is 56.2 cm³/mol. The van der Waals surface area contributed by atoms with Crippen molar-refractivity contribution in [2.75, 3.05) is 0 Å². The van der Waals surface area contributed by atoms with E-state index >= 15 is 0 Å². The van der Waals surface area contributed by atoms with E-state index < -0.39 is 0 Å². The molecule has 0 bridgehead atoms. The highest BCUT2D eigenvalue weighted by Gasteiger charge is 2.23. The first-order chi connectivity index (χ1) is 4.75. The minimum absolute atomic E-state index is 0.783. The molecule has 0 saturated carbocycles. The van der Waals surface area contributed by atoms with E-state index in [1.165, 1.54) is 19.3 Å². The molecule has 1 aliphatic rings. The second-order valence-corrected chi connectivity index (χ2v) is 4.80. The Morgan fingerprint density at radius 3 is 2.10 bits per heavy atom. The van der Waals surface area contributed by atoms with E-state index in [4.69, 9.17) is 0 Å². The van der Waals surface area contributed by atoms with Crippen LogP contribution in [-0.2, 0) is 0 Å². The van der Waals surface area contributed by atoms with Crippen molar-refractivity contribution >= 4 is 30.3 Å². The summed E-state index contributed by atoms with van der Waals surface area (Å²) in [7, 11) is 1.87. The van der Waals surface area contributed by atoms with Gasteiger partial charge in [0.25, 0.3) is 0 Å². The number of hydrogen-bond donors (Lipinski definition) is 0. The summed E-state index contributed by atoms with van der Waals surface area (Å²) in [4.78, 5) is 0. The lowest BCUT2D eigenvalue weighted by atomic mass is 10.0. The van der Waals surface area contributed by atoms with Crippen LogP contribution >= 0.6 is 30.3 Å². The highest BCUT2D eigenvalue weighted by atomic mass is 127. The van der Waals surface area contributed by atoms with E-state index in [-0.39, 0.29) is 0 Å². The van der Waals surface area contributed by atoms with E-state index in [0.29, 0.717) is 0 Å². The van der Waals surface area contributed by atoms with Crippen molar-refractivity contribution in [1.29, 1.82) is 0 Å². The summed E-state index contributed by atoms with van der Waals surface area (Å²) in [5, 5.41) is 0. The third kappa shape index (κ3) is 2.01. The van der Waals surface area contributed by atoms with Crippen LogP contribution in [0.4, 0.5) is 0 Å². The Morgan fingerprint density at radius 2 is 1.80 bits per heavy atom. The molecule has 0 aromatic heterocycles. The van der Waals surface area contributed by atoms with Crippen LogP contribution in [0.5, 0.6) is 0 Å². The van der Waals surface area contributed by atoms with Crippen LogP contribution in [0, 0.1) is 0 Å². The summed E-state index contributed by atoms with van der Waals surface area (Å²) >= 11 is 2.38. The maximum absolute atomic E-state index is 2.50. The highest BCUT2D eigenvalue weighted by molar-refractivity contribution is 14.2. The SMILES string of the molecule is CC1CCCC(C)N1SI. The van der Waals surface area contributed by atoms with E-state index in [1.54, 1.807) is 0 Å². The van der Waals surface area contributed by atoms with Gasteiger partial charge in [0.15, 0.2) is 0 Å². The summed E-state index contributed by atoms with van der Waals surface area (Å²) in [5.41, 5.74) is 0. The molecule has 60 valence electrons. The van der Waals surface area contributed by atoms with Crippen LogP contribution in [0.1, 0.15) is 33.1 Å². The van der Waals surface area contributed by atoms with Crippen molar-refractivity contribution in [1.82, 2.24) is 4.31 Å². The maximum Gasteiger partial charge on any atom is 0.0184 e. The standard InChI is InChI=1S/C7H14INS/c1-6-4-3-5-7(2)9(6)10-8/h6-7H,3-5H2,1-2H3. The topological polar surface area (TPSA) is 3.24 Å². The minimum atomic E-state index is 0.783. The lowest BCUT2D eigenvalue weighted by molar-refractivity contribution is 0.226. The fourth-order valence-electron chi connectivity index (χ4n) is 1.53. The molecular formula is C7H14INS. The Hall–Kier alpha value is 1.04. The van der Waals surface area contributed by atoms with Crippen LogP contribution in [0.3, 0.4) is 0 Å². The molecule has 0 N–H and O–H groups in total. The van der Waals surface area contributed by atoms with Gasteiger partial charge in [0.2, 0.25) is 0 Å². The highest BCUT2D eigenvalue weighted by Crippen LogP contribution is 2.32. The third-order valence-electron chi connectivity index (χ3n) is 2.19. The van der Waals surface area contributed by atoms with E-state index in [1.807, 2.05) is 9.12 Å². The molecule has 10 heavy (non-hydrogen) atoms. The molecule has 1 nitrogen and oxygen atoms in total. The molecule has 1 rings (SSSR count). The molecule has 1 fully saturated rings. The molecule has 1 aliphatic heterocycles. The zero-order valence-electron chi connectivity index (χ0n) is 6.51. The lowest BCUT2D eigenvalue weighted by Crippen LogP contribution is -2.37. The number of hydrogen-bond acceptors (Lipinski definition) is 2. The third-order valence-corrected chi connectivity index (χ3v) is 4.44. The number of nitrogens with zero attached hydrogens (tertiary/aromatic N) is 1. The van der Waals surface area contributed by atoms with Gasteiger partial charge in [0.05, 0.1) is 0 Å². The monoisotopic (exact) mass is 271 g/mol. The Labute approximate surface area is 79.7 Å². The van der Waals surface area contributed by atoms with Gasteiger partial charge in [-0.15, -0.1) is 0 Å². The van der Waals surface area contributed by atoms with Crippen LogP contribution in [0.15, 0.2) is 0 Å². The zero-order valence-corrected chi connectivity index (χ0v) is 9.48. The van der Waals surface area contributed by atoms with Crippen LogP contribution in [0.2, 0.25) is 0 Å². The molecule has 0 spiro atoms. The van der Waals surface area contributed by atoms with Gasteiger partial charge in [-0.25, -0.2) is 4.31 Å². The largest absolute Gasteiger partial charge is 0.236 e. The Bertz CT molecular complexity index is 99.8. The minimum Gasteiger partial charge on any atom is -0.236 e. The van der Waals surface area contributed by atoms with Crippen molar-refractivity contribution in [2.45, 2.75) is 45.2 Å². The Morgan fingerprint density at radius 1 is 1.30 bits per heavy atom. The predicted octanol–water partition coefficient (Wildman–Crippen LogP) is 3.25. The van der Waals surface area contributed by atoms with Crippen molar-refractivity contribution in [3.8, 4) is 0 Å². The van der Waals surface area contributed by atoms with Gasteiger partial charge in [0, 0.05) is 33.3 Å². The van der Waals surface area contributed by atoms with Crippen molar-refractivity contribution in [3.63, 3.8) is 0 Å². The maximum atomic E-state index is 2.50.